The second-order valence-electron chi connectivity index (χ2n) is 6.65. The van der Waals surface area contributed by atoms with Crippen LogP contribution in [0, 0.1) is 0 Å². The van der Waals surface area contributed by atoms with Gasteiger partial charge in [0.25, 0.3) is 0 Å². The fraction of sp³-hybridized carbons (Fsp3) is 0.786. The molecule has 0 atom stereocenters. The van der Waals surface area contributed by atoms with Crippen LogP contribution in [0.25, 0.3) is 0 Å². The molecule has 0 aliphatic rings. The molecule has 2 heteroatoms. The Labute approximate surface area is 100 Å². The van der Waals surface area contributed by atoms with E-state index in [0.29, 0.717) is 0 Å². The van der Waals surface area contributed by atoms with Crippen molar-refractivity contribution >= 4 is 0 Å². The Balaban J connectivity index is 3.24. The van der Waals surface area contributed by atoms with Gasteiger partial charge in [0.2, 0.25) is 0 Å². The topological polar surface area (TPSA) is 17.8 Å². The molecule has 0 spiro atoms. The molecular formula is C14H26N2. The van der Waals surface area contributed by atoms with Gasteiger partial charge in [-0.05, 0) is 17.4 Å². The summed E-state index contributed by atoms with van der Waals surface area (Å²) in [6, 6.07) is 0. The van der Waals surface area contributed by atoms with E-state index in [9.17, 15) is 0 Å². The molecule has 92 valence electrons. The molecule has 0 aliphatic heterocycles. The molecule has 0 N–H and O–H groups in total. The van der Waals surface area contributed by atoms with Gasteiger partial charge in [-0.2, -0.15) is 5.10 Å². The van der Waals surface area contributed by atoms with E-state index >= 15 is 0 Å². The lowest BCUT2D eigenvalue weighted by Gasteiger charge is -2.24. The summed E-state index contributed by atoms with van der Waals surface area (Å²) in [5, 5.41) is 4.75. The Kier molecular flexibility index (Phi) is 3.51. The Morgan fingerprint density at radius 3 is 1.94 bits per heavy atom. The van der Waals surface area contributed by atoms with Crippen molar-refractivity contribution < 1.29 is 0 Å². The van der Waals surface area contributed by atoms with Gasteiger partial charge in [-0.25, -0.2) is 0 Å². The number of nitrogens with zero attached hydrogens (tertiary/aromatic N) is 2. The lowest BCUT2D eigenvalue weighted by Crippen LogP contribution is -2.21. The summed E-state index contributed by atoms with van der Waals surface area (Å²) in [6.07, 6.45) is 3.36. The molecule has 1 aromatic heterocycles. The third-order valence-corrected chi connectivity index (χ3v) is 2.73. The smallest absolute Gasteiger partial charge is 0.0715 e. The third-order valence-electron chi connectivity index (χ3n) is 2.73. The summed E-state index contributed by atoms with van der Waals surface area (Å²) in [5.74, 6) is 0. The van der Waals surface area contributed by atoms with Crippen molar-refractivity contribution in [1.29, 1.82) is 0 Å². The molecule has 1 heterocycles. The predicted molar refractivity (Wildman–Crippen MR) is 69.9 cm³/mol. The Morgan fingerprint density at radius 1 is 1.06 bits per heavy atom. The van der Waals surface area contributed by atoms with E-state index in [1.165, 1.54) is 11.3 Å². The van der Waals surface area contributed by atoms with E-state index in [0.717, 1.165) is 13.0 Å². The van der Waals surface area contributed by atoms with Crippen molar-refractivity contribution in [3.63, 3.8) is 0 Å². The Hall–Kier alpha value is -0.790. The van der Waals surface area contributed by atoms with E-state index in [1.54, 1.807) is 0 Å². The van der Waals surface area contributed by atoms with E-state index < -0.39 is 0 Å². The number of hydrogen-bond acceptors (Lipinski definition) is 1. The molecule has 0 aliphatic carbocycles. The van der Waals surface area contributed by atoms with Gasteiger partial charge in [0.15, 0.2) is 0 Å². The van der Waals surface area contributed by atoms with Gasteiger partial charge in [0, 0.05) is 18.2 Å². The van der Waals surface area contributed by atoms with Crippen molar-refractivity contribution in [2.75, 3.05) is 0 Å². The van der Waals surface area contributed by atoms with Crippen molar-refractivity contribution in [1.82, 2.24) is 9.78 Å². The van der Waals surface area contributed by atoms with Crippen molar-refractivity contribution in [3.05, 3.63) is 17.5 Å². The van der Waals surface area contributed by atoms with Crippen LogP contribution in [0.5, 0.6) is 0 Å². The molecule has 0 amide bonds. The van der Waals surface area contributed by atoms with Crippen LogP contribution in [0.15, 0.2) is 6.20 Å². The van der Waals surface area contributed by atoms with Crippen LogP contribution >= 0.6 is 0 Å². The molecule has 0 radical (unpaired) electrons. The number of hydrogen-bond donors (Lipinski definition) is 0. The quantitative estimate of drug-likeness (QED) is 0.742. The van der Waals surface area contributed by atoms with Crippen LogP contribution in [0.4, 0.5) is 0 Å². The van der Waals surface area contributed by atoms with Crippen LogP contribution < -0.4 is 0 Å². The second-order valence-corrected chi connectivity index (χ2v) is 6.65. The zero-order valence-electron chi connectivity index (χ0n) is 11.9. The van der Waals surface area contributed by atoms with E-state index in [-0.39, 0.29) is 10.8 Å². The lowest BCUT2D eigenvalue weighted by molar-refractivity contribution is 0.509. The Morgan fingerprint density at radius 2 is 1.62 bits per heavy atom. The summed E-state index contributed by atoms with van der Waals surface area (Å²) in [4.78, 5) is 0. The molecule has 0 aromatic carbocycles. The monoisotopic (exact) mass is 222 g/mol. The fourth-order valence-corrected chi connectivity index (χ4v) is 1.87. The maximum atomic E-state index is 4.75. The van der Waals surface area contributed by atoms with E-state index in [4.69, 9.17) is 5.10 Å². The largest absolute Gasteiger partial charge is 0.272 e. The molecule has 0 bridgehead atoms. The summed E-state index contributed by atoms with van der Waals surface area (Å²) in [6.45, 7) is 16.7. The average Bonchev–Trinajstić information content (AvgIpc) is 2.47. The first kappa shape index (κ1) is 13.3. The molecule has 0 unspecified atom stereocenters. The van der Waals surface area contributed by atoms with Gasteiger partial charge in [-0.1, -0.05) is 48.5 Å². The molecule has 0 saturated carbocycles. The Bertz CT molecular complexity index is 316. The van der Waals surface area contributed by atoms with Crippen LogP contribution in [0.1, 0.15) is 66.1 Å². The first-order chi connectivity index (χ1) is 7.16. The molecular weight excluding hydrogens is 196 g/mol. The second kappa shape index (κ2) is 4.23. The normalized spacial score (nSPS) is 13.2. The molecule has 16 heavy (non-hydrogen) atoms. The first-order valence-corrected chi connectivity index (χ1v) is 6.24. The van der Waals surface area contributed by atoms with Crippen LogP contribution in [0.2, 0.25) is 0 Å². The minimum absolute atomic E-state index is 0.127. The molecule has 0 saturated heterocycles. The van der Waals surface area contributed by atoms with Gasteiger partial charge >= 0.3 is 0 Å². The minimum atomic E-state index is 0.127. The highest BCUT2D eigenvalue weighted by molar-refractivity contribution is 5.30. The van der Waals surface area contributed by atoms with E-state index in [1.807, 2.05) is 0 Å². The number of rotatable bonds is 2. The maximum Gasteiger partial charge on any atom is 0.0715 e. The molecule has 1 rings (SSSR count). The van der Waals surface area contributed by atoms with Gasteiger partial charge in [-0.15, -0.1) is 0 Å². The van der Waals surface area contributed by atoms with Crippen LogP contribution in [0.3, 0.4) is 0 Å². The first-order valence-electron chi connectivity index (χ1n) is 6.24. The molecule has 1 aromatic rings. The summed E-state index contributed by atoms with van der Waals surface area (Å²) in [5.41, 5.74) is 2.93. The molecule has 0 fully saturated rings. The number of aryl methyl sites for hydroxylation is 1. The van der Waals surface area contributed by atoms with Crippen molar-refractivity contribution in [2.24, 2.45) is 0 Å². The van der Waals surface area contributed by atoms with Crippen LogP contribution in [-0.2, 0) is 17.4 Å². The molecule has 2 nitrogen and oxygen atoms in total. The van der Waals surface area contributed by atoms with E-state index in [2.05, 4.69) is 59.3 Å². The average molecular weight is 222 g/mol. The minimum Gasteiger partial charge on any atom is -0.272 e. The SMILES string of the molecule is CCCn1cc(C(C)(C)C)c(C(C)(C)C)n1. The van der Waals surface area contributed by atoms with Gasteiger partial charge in [0.1, 0.15) is 0 Å². The maximum absolute atomic E-state index is 4.75. The number of aromatic nitrogens is 2. The van der Waals surface area contributed by atoms with Crippen molar-refractivity contribution in [3.8, 4) is 0 Å². The highest BCUT2D eigenvalue weighted by Crippen LogP contribution is 2.32. The fourth-order valence-electron chi connectivity index (χ4n) is 1.87. The summed E-state index contributed by atoms with van der Waals surface area (Å²) < 4.78 is 2.10. The van der Waals surface area contributed by atoms with Gasteiger partial charge < -0.3 is 0 Å². The zero-order valence-corrected chi connectivity index (χ0v) is 11.9. The van der Waals surface area contributed by atoms with Crippen molar-refractivity contribution in [2.45, 2.75) is 72.3 Å². The third kappa shape index (κ3) is 2.87. The van der Waals surface area contributed by atoms with Gasteiger partial charge in [-0.3, -0.25) is 4.68 Å². The lowest BCUT2D eigenvalue weighted by atomic mass is 9.80. The standard InChI is InChI=1S/C14H26N2/c1-8-9-16-10-11(13(2,3)4)12(15-16)14(5,6)7/h10H,8-9H2,1-7H3. The predicted octanol–water partition coefficient (Wildman–Crippen LogP) is 3.89. The summed E-state index contributed by atoms with van der Waals surface area (Å²) >= 11 is 0. The summed E-state index contributed by atoms with van der Waals surface area (Å²) in [7, 11) is 0. The van der Waals surface area contributed by atoms with Gasteiger partial charge in [0.05, 0.1) is 5.69 Å². The van der Waals surface area contributed by atoms with Crippen LogP contribution in [-0.4, -0.2) is 9.78 Å². The zero-order chi connectivity index (χ0) is 12.6. The highest BCUT2D eigenvalue weighted by Gasteiger charge is 2.28. The highest BCUT2D eigenvalue weighted by atomic mass is 15.3.